The lowest BCUT2D eigenvalue weighted by molar-refractivity contribution is -0.142. The Morgan fingerprint density at radius 2 is 1.87 bits per heavy atom. The Labute approximate surface area is 85.7 Å². The van der Waals surface area contributed by atoms with Gasteiger partial charge in [0.1, 0.15) is 31.5 Å². The standard InChI is InChI=1S/C6H11O8P/c7-1-3(8)5(10)6(11)4(9)2-14-15(12)13/h4-7,9-11H,1-2H2/p+1/t4-,5-,6+/m0/s1. The molecule has 0 aliphatic rings. The van der Waals surface area contributed by atoms with Gasteiger partial charge in [0.05, 0.1) is 0 Å². The van der Waals surface area contributed by atoms with Crippen molar-refractivity contribution in [1.82, 2.24) is 0 Å². The Hall–Kier alpha value is -0.470. The van der Waals surface area contributed by atoms with Gasteiger partial charge < -0.3 is 20.4 Å². The van der Waals surface area contributed by atoms with E-state index in [4.69, 9.17) is 25.3 Å². The Bertz CT molecular complexity index is 231. The quantitative estimate of drug-likeness (QED) is 0.304. The fourth-order valence-electron chi connectivity index (χ4n) is 0.733. The number of carbonyl (C=O) groups excluding carboxylic acids is 1. The van der Waals surface area contributed by atoms with Gasteiger partial charge in [-0.05, 0) is 0 Å². The van der Waals surface area contributed by atoms with Crippen LogP contribution in [0, 0.1) is 0 Å². The third kappa shape index (κ3) is 5.24. The number of hydrogen-bond acceptors (Lipinski definition) is 7. The largest absolute Gasteiger partial charge is 0.694 e. The summed E-state index contributed by atoms with van der Waals surface area (Å²) in [6, 6.07) is 0. The third-order valence-corrected chi connectivity index (χ3v) is 1.93. The maximum atomic E-state index is 10.7. The van der Waals surface area contributed by atoms with Gasteiger partial charge in [0.25, 0.3) is 0 Å². The number of ketones is 1. The van der Waals surface area contributed by atoms with Crippen molar-refractivity contribution in [3.8, 4) is 0 Å². The molecule has 9 heteroatoms. The predicted molar refractivity (Wildman–Crippen MR) is 45.9 cm³/mol. The van der Waals surface area contributed by atoms with Crippen molar-refractivity contribution in [2.75, 3.05) is 13.2 Å². The number of carbonyl (C=O) groups is 1. The first-order valence-electron chi connectivity index (χ1n) is 3.87. The highest BCUT2D eigenvalue weighted by Gasteiger charge is 2.31. The van der Waals surface area contributed by atoms with Crippen LogP contribution in [0.25, 0.3) is 0 Å². The molecule has 88 valence electrons. The Balaban J connectivity index is 4.12. The van der Waals surface area contributed by atoms with Crippen molar-refractivity contribution in [3.63, 3.8) is 0 Å². The van der Waals surface area contributed by atoms with E-state index in [1.54, 1.807) is 0 Å². The zero-order valence-corrected chi connectivity index (χ0v) is 8.45. The second kappa shape index (κ2) is 6.91. The van der Waals surface area contributed by atoms with E-state index < -0.39 is 45.6 Å². The van der Waals surface area contributed by atoms with E-state index in [0.717, 1.165) is 0 Å². The van der Waals surface area contributed by atoms with Gasteiger partial charge in [0, 0.05) is 4.57 Å². The fraction of sp³-hybridized carbons (Fsp3) is 0.833. The molecular formula is C6H12O8P+. The number of aliphatic hydroxyl groups is 4. The lowest BCUT2D eigenvalue weighted by Gasteiger charge is -2.19. The highest BCUT2D eigenvalue weighted by atomic mass is 31.1. The molecule has 0 aliphatic carbocycles. The molecule has 4 atom stereocenters. The minimum absolute atomic E-state index is 0.720. The van der Waals surface area contributed by atoms with Crippen molar-refractivity contribution in [1.29, 1.82) is 0 Å². The normalized spacial score (nSPS) is 18.1. The van der Waals surface area contributed by atoms with Gasteiger partial charge in [0.2, 0.25) is 0 Å². The van der Waals surface area contributed by atoms with E-state index in [0.29, 0.717) is 0 Å². The second-order valence-electron chi connectivity index (χ2n) is 2.66. The summed E-state index contributed by atoms with van der Waals surface area (Å²) < 4.78 is 14.1. The van der Waals surface area contributed by atoms with Crippen molar-refractivity contribution in [3.05, 3.63) is 0 Å². The summed E-state index contributed by atoms with van der Waals surface area (Å²) in [5.74, 6) is -1.07. The molecule has 15 heavy (non-hydrogen) atoms. The summed E-state index contributed by atoms with van der Waals surface area (Å²) in [5, 5.41) is 35.5. The SMILES string of the molecule is O=C(CO)[C@H](O)[C@H](O)[C@@H](O)CO[P+](=O)O. The van der Waals surface area contributed by atoms with Gasteiger partial charge in [-0.25, -0.2) is 0 Å². The van der Waals surface area contributed by atoms with Gasteiger partial charge >= 0.3 is 8.25 Å². The van der Waals surface area contributed by atoms with Gasteiger partial charge in [-0.1, -0.05) is 0 Å². The summed E-state index contributed by atoms with van der Waals surface area (Å²) >= 11 is 0. The zero-order chi connectivity index (χ0) is 12.0. The van der Waals surface area contributed by atoms with Crippen LogP contribution in [-0.2, 0) is 13.9 Å². The summed E-state index contributed by atoms with van der Waals surface area (Å²) in [7, 11) is -2.93. The molecule has 5 N–H and O–H groups in total. The van der Waals surface area contributed by atoms with E-state index in [1.165, 1.54) is 0 Å². The van der Waals surface area contributed by atoms with E-state index in [1.807, 2.05) is 0 Å². The maximum Gasteiger partial charge on any atom is 0.694 e. The molecule has 0 radical (unpaired) electrons. The van der Waals surface area contributed by atoms with Crippen LogP contribution in [0.2, 0.25) is 0 Å². The number of hydrogen-bond donors (Lipinski definition) is 5. The smallest absolute Gasteiger partial charge is 0.388 e. The highest BCUT2D eigenvalue weighted by Crippen LogP contribution is 2.15. The fourth-order valence-corrected chi connectivity index (χ4v) is 1.01. The van der Waals surface area contributed by atoms with Gasteiger partial charge in [0.15, 0.2) is 5.78 Å². The molecule has 1 unspecified atom stereocenters. The van der Waals surface area contributed by atoms with Gasteiger partial charge in [-0.15, -0.1) is 9.42 Å². The minimum atomic E-state index is -2.93. The molecule has 0 saturated heterocycles. The van der Waals surface area contributed by atoms with E-state index in [2.05, 4.69) is 4.52 Å². The average molecular weight is 243 g/mol. The highest BCUT2D eigenvalue weighted by molar-refractivity contribution is 7.32. The third-order valence-electron chi connectivity index (χ3n) is 1.56. The molecular weight excluding hydrogens is 231 g/mol. The van der Waals surface area contributed by atoms with Crippen molar-refractivity contribution in [2.45, 2.75) is 18.3 Å². The Morgan fingerprint density at radius 1 is 1.33 bits per heavy atom. The van der Waals surface area contributed by atoms with Gasteiger partial charge in [-0.2, -0.15) is 0 Å². The molecule has 0 saturated carbocycles. The van der Waals surface area contributed by atoms with Crippen LogP contribution in [-0.4, -0.2) is 62.6 Å². The second-order valence-corrected chi connectivity index (χ2v) is 3.39. The first-order chi connectivity index (χ1) is 6.90. The van der Waals surface area contributed by atoms with E-state index in [-0.39, 0.29) is 0 Å². The molecule has 0 aliphatic heterocycles. The molecule has 0 aromatic carbocycles. The molecule has 0 bridgehead atoms. The molecule has 0 aromatic heterocycles. The Morgan fingerprint density at radius 3 is 2.27 bits per heavy atom. The van der Waals surface area contributed by atoms with E-state index >= 15 is 0 Å². The number of Topliss-reactive ketones (excluding diaryl/α,β-unsaturated/α-hetero) is 1. The summed E-state index contributed by atoms with van der Waals surface area (Å²) in [6.45, 7) is -1.71. The molecule has 0 spiro atoms. The molecule has 0 amide bonds. The molecule has 0 heterocycles. The average Bonchev–Trinajstić information content (AvgIpc) is 2.22. The first-order valence-corrected chi connectivity index (χ1v) is 5.00. The van der Waals surface area contributed by atoms with Crippen molar-refractivity contribution < 1.29 is 39.2 Å². The van der Waals surface area contributed by atoms with Crippen LogP contribution >= 0.6 is 8.25 Å². The van der Waals surface area contributed by atoms with Crippen LogP contribution in [0.4, 0.5) is 0 Å². The van der Waals surface area contributed by atoms with Crippen LogP contribution < -0.4 is 0 Å². The van der Waals surface area contributed by atoms with Crippen molar-refractivity contribution in [2.24, 2.45) is 0 Å². The molecule has 0 fully saturated rings. The number of aliphatic hydroxyl groups excluding tert-OH is 4. The summed E-state index contributed by atoms with van der Waals surface area (Å²) in [6.07, 6.45) is -5.56. The van der Waals surface area contributed by atoms with Gasteiger partial charge in [-0.3, -0.25) is 4.79 Å². The van der Waals surface area contributed by atoms with E-state index in [9.17, 15) is 9.36 Å². The first kappa shape index (κ1) is 14.5. The maximum absolute atomic E-state index is 10.7. The monoisotopic (exact) mass is 243 g/mol. The lowest BCUT2D eigenvalue weighted by Crippen LogP contribution is -2.44. The summed E-state index contributed by atoms with van der Waals surface area (Å²) in [5.41, 5.74) is 0. The van der Waals surface area contributed by atoms with Crippen LogP contribution in [0.5, 0.6) is 0 Å². The molecule has 8 nitrogen and oxygen atoms in total. The van der Waals surface area contributed by atoms with Crippen LogP contribution in [0.1, 0.15) is 0 Å². The topological polar surface area (TPSA) is 145 Å². The summed E-state index contributed by atoms with van der Waals surface area (Å²) in [4.78, 5) is 18.9. The lowest BCUT2D eigenvalue weighted by atomic mass is 10.1. The van der Waals surface area contributed by atoms with Crippen molar-refractivity contribution >= 4 is 14.0 Å². The number of rotatable bonds is 7. The Kier molecular flexibility index (Phi) is 6.70. The minimum Gasteiger partial charge on any atom is -0.388 e. The molecule has 0 rings (SSSR count). The van der Waals surface area contributed by atoms with Crippen LogP contribution in [0.15, 0.2) is 0 Å². The van der Waals surface area contributed by atoms with Crippen LogP contribution in [0.3, 0.4) is 0 Å². The molecule has 0 aromatic rings. The predicted octanol–water partition coefficient (Wildman–Crippen LogP) is -2.70. The zero-order valence-electron chi connectivity index (χ0n) is 7.55.